The number of nitrogens with one attached hydrogen (secondary N) is 1. The quantitative estimate of drug-likeness (QED) is 0.776. The summed E-state index contributed by atoms with van der Waals surface area (Å²) in [6, 6.07) is 8.24. The summed E-state index contributed by atoms with van der Waals surface area (Å²) in [6.45, 7) is 0. The van der Waals surface area contributed by atoms with Gasteiger partial charge in [-0.05, 0) is 52.8 Å². The van der Waals surface area contributed by atoms with E-state index < -0.39 is 0 Å². The van der Waals surface area contributed by atoms with Gasteiger partial charge in [0.2, 0.25) is 0 Å². The molecule has 3 nitrogen and oxygen atoms in total. The fraction of sp³-hybridized carbons (Fsp3) is 0.333. The van der Waals surface area contributed by atoms with E-state index in [4.69, 9.17) is 21.1 Å². The molecule has 0 radical (unpaired) electrons. The van der Waals surface area contributed by atoms with Gasteiger partial charge in [-0.2, -0.15) is 0 Å². The Bertz CT molecular complexity index is 618. The van der Waals surface area contributed by atoms with E-state index in [0.717, 1.165) is 15.8 Å². The number of benzene rings is 1. The van der Waals surface area contributed by atoms with Crippen molar-refractivity contribution >= 4 is 38.9 Å². The Labute approximate surface area is 142 Å². The second-order valence-corrected chi connectivity index (χ2v) is 7.44. The lowest BCUT2D eigenvalue weighted by molar-refractivity contribution is 0.354. The van der Waals surface area contributed by atoms with Gasteiger partial charge in [0.05, 0.1) is 23.0 Å². The predicted octanol–water partition coefficient (Wildman–Crippen LogP) is 4.68. The number of halogens is 2. The summed E-state index contributed by atoms with van der Waals surface area (Å²) in [7, 11) is 5.14. The molecule has 2 rings (SSSR count). The van der Waals surface area contributed by atoms with E-state index >= 15 is 0 Å². The van der Waals surface area contributed by atoms with Crippen LogP contribution in [0.25, 0.3) is 0 Å². The molecule has 0 aliphatic rings. The van der Waals surface area contributed by atoms with Crippen molar-refractivity contribution in [2.24, 2.45) is 0 Å². The number of methoxy groups -OCH3 is 2. The highest BCUT2D eigenvalue weighted by atomic mass is 79.9. The van der Waals surface area contributed by atoms with Crippen molar-refractivity contribution < 1.29 is 9.47 Å². The molecule has 1 N–H and O–H groups in total. The van der Waals surface area contributed by atoms with Gasteiger partial charge >= 0.3 is 0 Å². The SMILES string of the molecule is CNC(Cc1ccc(Br)s1)c1cc(Cl)c(OC)c(OC)c1. The molecular weight excluding hydrogens is 374 g/mol. The van der Waals surface area contributed by atoms with Gasteiger partial charge in [-0.15, -0.1) is 11.3 Å². The van der Waals surface area contributed by atoms with Crippen LogP contribution in [0, 0.1) is 0 Å². The van der Waals surface area contributed by atoms with E-state index in [1.807, 2.05) is 19.2 Å². The molecule has 21 heavy (non-hydrogen) atoms. The molecule has 6 heteroatoms. The van der Waals surface area contributed by atoms with Crippen LogP contribution < -0.4 is 14.8 Å². The van der Waals surface area contributed by atoms with Gasteiger partial charge in [0.15, 0.2) is 11.5 Å². The van der Waals surface area contributed by atoms with Crippen LogP contribution >= 0.6 is 38.9 Å². The van der Waals surface area contributed by atoms with Crippen LogP contribution in [0.15, 0.2) is 28.1 Å². The maximum absolute atomic E-state index is 6.28. The fourth-order valence-electron chi connectivity index (χ4n) is 2.19. The fourth-order valence-corrected chi connectivity index (χ4v) is 4.01. The number of likely N-dealkylation sites (N-methyl/N-ethyl adjacent to an activating group) is 1. The highest BCUT2D eigenvalue weighted by molar-refractivity contribution is 9.11. The first kappa shape index (κ1) is 16.6. The first-order valence-corrected chi connectivity index (χ1v) is 8.40. The molecule has 0 spiro atoms. The Morgan fingerprint density at radius 1 is 1.29 bits per heavy atom. The third-order valence-corrected chi connectivity index (χ3v) is 5.17. The van der Waals surface area contributed by atoms with E-state index in [1.165, 1.54) is 4.88 Å². The standard InChI is InChI=1S/C15H17BrClNO2S/c1-18-12(8-10-4-5-14(16)21-10)9-6-11(17)15(20-3)13(7-9)19-2/h4-7,12,18H,8H2,1-3H3. The zero-order valence-corrected chi connectivity index (χ0v) is 15.2. The van der Waals surface area contributed by atoms with Gasteiger partial charge < -0.3 is 14.8 Å². The van der Waals surface area contributed by atoms with Crippen molar-refractivity contribution in [1.82, 2.24) is 5.32 Å². The van der Waals surface area contributed by atoms with Gasteiger partial charge in [0.1, 0.15) is 0 Å². The number of rotatable bonds is 6. The zero-order valence-electron chi connectivity index (χ0n) is 12.1. The Morgan fingerprint density at radius 3 is 2.57 bits per heavy atom. The maximum Gasteiger partial charge on any atom is 0.179 e. The molecule has 1 aromatic heterocycles. The van der Waals surface area contributed by atoms with Gasteiger partial charge in [-0.1, -0.05) is 11.6 Å². The van der Waals surface area contributed by atoms with Gasteiger partial charge in [0, 0.05) is 17.3 Å². The minimum atomic E-state index is 0.160. The van der Waals surface area contributed by atoms with E-state index in [1.54, 1.807) is 25.6 Å². The molecule has 0 aliphatic heterocycles. The van der Waals surface area contributed by atoms with Gasteiger partial charge in [0.25, 0.3) is 0 Å². The number of thiophene rings is 1. The summed E-state index contributed by atoms with van der Waals surface area (Å²) in [5.74, 6) is 1.21. The molecule has 1 heterocycles. The number of hydrogen-bond donors (Lipinski definition) is 1. The Morgan fingerprint density at radius 2 is 2.05 bits per heavy atom. The second-order valence-electron chi connectivity index (χ2n) is 4.49. The average molecular weight is 391 g/mol. The topological polar surface area (TPSA) is 30.5 Å². The molecule has 0 amide bonds. The van der Waals surface area contributed by atoms with Crippen LogP contribution in [0.2, 0.25) is 5.02 Å². The highest BCUT2D eigenvalue weighted by Crippen LogP contribution is 2.38. The summed E-state index contributed by atoms with van der Waals surface area (Å²) < 4.78 is 11.8. The molecule has 0 fully saturated rings. The van der Waals surface area contributed by atoms with Crippen molar-refractivity contribution in [3.05, 3.63) is 43.5 Å². The Hall–Kier alpha value is -0.750. The van der Waals surface area contributed by atoms with E-state index in [9.17, 15) is 0 Å². The molecule has 1 unspecified atom stereocenters. The zero-order chi connectivity index (χ0) is 15.4. The van der Waals surface area contributed by atoms with Crippen molar-refractivity contribution in [3.8, 4) is 11.5 Å². The predicted molar refractivity (Wildman–Crippen MR) is 92.1 cm³/mol. The molecule has 0 bridgehead atoms. The monoisotopic (exact) mass is 389 g/mol. The van der Waals surface area contributed by atoms with E-state index in [-0.39, 0.29) is 6.04 Å². The van der Waals surface area contributed by atoms with Gasteiger partial charge in [-0.3, -0.25) is 0 Å². The lowest BCUT2D eigenvalue weighted by atomic mass is 10.0. The first-order chi connectivity index (χ1) is 10.1. The molecule has 1 aromatic carbocycles. The second kappa shape index (κ2) is 7.49. The Balaban J connectivity index is 2.31. The Kier molecular flexibility index (Phi) is 5.93. The summed E-state index contributed by atoms with van der Waals surface area (Å²) >= 11 is 11.5. The lowest BCUT2D eigenvalue weighted by Crippen LogP contribution is -2.18. The summed E-state index contributed by atoms with van der Waals surface area (Å²) in [6.07, 6.45) is 0.887. The smallest absolute Gasteiger partial charge is 0.179 e. The molecule has 1 atom stereocenters. The van der Waals surface area contributed by atoms with Crippen molar-refractivity contribution in [2.75, 3.05) is 21.3 Å². The molecular formula is C15H17BrClNO2S. The molecule has 2 aromatic rings. The van der Waals surface area contributed by atoms with E-state index in [2.05, 4.69) is 33.4 Å². The van der Waals surface area contributed by atoms with Gasteiger partial charge in [-0.25, -0.2) is 0 Å². The minimum absolute atomic E-state index is 0.160. The molecule has 114 valence electrons. The van der Waals surface area contributed by atoms with Crippen LogP contribution in [-0.4, -0.2) is 21.3 Å². The minimum Gasteiger partial charge on any atom is -0.493 e. The largest absolute Gasteiger partial charge is 0.493 e. The first-order valence-electron chi connectivity index (χ1n) is 6.42. The summed E-state index contributed by atoms with van der Waals surface area (Å²) in [5, 5.41) is 3.88. The van der Waals surface area contributed by atoms with Crippen molar-refractivity contribution in [3.63, 3.8) is 0 Å². The van der Waals surface area contributed by atoms with Crippen molar-refractivity contribution in [2.45, 2.75) is 12.5 Å². The maximum atomic E-state index is 6.28. The summed E-state index contributed by atoms with van der Waals surface area (Å²) in [5.41, 5.74) is 1.07. The van der Waals surface area contributed by atoms with Crippen LogP contribution in [0.1, 0.15) is 16.5 Å². The van der Waals surface area contributed by atoms with Crippen LogP contribution in [0.4, 0.5) is 0 Å². The van der Waals surface area contributed by atoms with Crippen LogP contribution in [-0.2, 0) is 6.42 Å². The van der Waals surface area contributed by atoms with Crippen molar-refractivity contribution in [1.29, 1.82) is 0 Å². The third kappa shape index (κ3) is 3.92. The van der Waals surface area contributed by atoms with E-state index in [0.29, 0.717) is 16.5 Å². The average Bonchev–Trinajstić information content (AvgIpc) is 2.89. The molecule has 0 aliphatic carbocycles. The van der Waals surface area contributed by atoms with Crippen LogP contribution in [0.5, 0.6) is 11.5 Å². The van der Waals surface area contributed by atoms with Crippen LogP contribution in [0.3, 0.4) is 0 Å². The third-order valence-electron chi connectivity index (χ3n) is 3.24. The number of hydrogen-bond acceptors (Lipinski definition) is 4. The summed E-state index contributed by atoms with van der Waals surface area (Å²) in [4.78, 5) is 1.30. The lowest BCUT2D eigenvalue weighted by Gasteiger charge is -2.19. The molecule has 0 saturated heterocycles. The number of ether oxygens (including phenoxy) is 2. The molecule has 0 saturated carbocycles. The normalized spacial score (nSPS) is 12.2. The highest BCUT2D eigenvalue weighted by Gasteiger charge is 2.17.